The molecule has 0 radical (unpaired) electrons. The number of hydrogen-bond acceptors (Lipinski definition) is 4. The quantitative estimate of drug-likeness (QED) is 0.193. The molecule has 4 aromatic carbocycles. The predicted molar refractivity (Wildman–Crippen MR) is 145 cm³/mol. The van der Waals surface area contributed by atoms with Gasteiger partial charge in [0.15, 0.2) is 11.5 Å². The number of halogens is 4. The average molecular weight is 536 g/mol. The lowest BCUT2D eigenvalue weighted by atomic mass is 10.1. The van der Waals surface area contributed by atoms with Gasteiger partial charge in [-0.2, -0.15) is 0 Å². The Balaban J connectivity index is 0.000000648. The molecule has 0 aliphatic carbocycles. The number of nitrogens with one attached hydrogen (secondary N) is 2. The summed E-state index contributed by atoms with van der Waals surface area (Å²) in [6.45, 7) is 0. The molecule has 2 N–H and O–H groups in total. The number of anilines is 2. The largest absolute Gasteiger partial charge is 0.673 e. The third kappa shape index (κ3) is 7.64. The minimum absolute atomic E-state index is 0.652. The van der Waals surface area contributed by atoms with Gasteiger partial charge in [-0.25, -0.2) is 4.99 Å². The first kappa shape index (κ1) is 27.3. The molecule has 0 unspecified atom stereocenters. The minimum atomic E-state index is -6.00. The zero-order valence-corrected chi connectivity index (χ0v) is 21.1. The maximum absolute atomic E-state index is 9.75. The molecule has 1 aromatic heterocycles. The van der Waals surface area contributed by atoms with Crippen molar-refractivity contribution < 1.29 is 36.1 Å². The molecule has 0 spiro atoms. The van der Waals surface area contributed by atoms with E-state index >= 15 is 0 Å². The normalized spacial score (nSPS) is 11.5. The summed E-state index contributed by atoms with van der Waals surface area (Å²) in [5.74, 6) is 2.05. The summed E-state index contributed by atoms with van der Waals surface area (Å²) in [7, 11) is -2.75. The monoisotopic (exact) mass is 536 g/mol. The Morgan fingerprint density at radius 3 is 1.97 bits per heavy atom. The first-order valence-corrected chi connectivity index (χ1v) is 11.9. The number of ether oxygens (including phenoxy) is 2. The standard InChI is InChI=1S/C29H24N2O3.BF4/c1-32-27-17-12-20(18-29(27)33-2)28-19-25(24-10-6-7-11-26(24)34-28)31-23-15-13-22(14-16-23)30-21-8-4-3-5-9-21;2-1(3,4)5/h3-19,30H,1-2H3;/q;-1/p+1. The van der Waals surface area contributed by atoms with Crippen LogP contribution in [0.4, 0.5) is 34.3 Å². The van der Waals surface area contributed by atoms with Crippen molar-refractivity contribution in [2.75, 3.05) is 19.5 Å². The summed E-state index contributed by atoms with van der Waals surface area (Å²) in [4.78, 5) is 3.56. The summed E-state index contributed by atoms with van der Waals surface area (Å²) in [6.07, 6.45) is 0. The maximum Gasteiger partial charge on any atom is 0.673 e. The lowest BCUT2D eigenvalue weighted by Crippen LogP contribution is -2.70. The van der Waals surface area contributed by atoms with Crippen LogP contribution < -0.4 is 25.1 Å². The van der Waals surface area contributed by atoms with Gasteiger partial charge in [0.2, 0.25) is 11.0 Å². The first-order valence-electron chi connectivity index (χ1n) is 11.9. The SMILES string of the molecule is COc1ccc(-c2cc(=[NH+]c3ccc(Nc4ccccc4)cc3)c3ccccc3o2)cc1OC.F[B-](F)(F)F. The van der Waals surface area contributed by atoms with Crippen LogP contribution in [0.3, 0.4) is 0 Å². The fraction of sp³-hybridized carbons (Fsp3) is 0.0690. The number of para-hydroxylation sites is 2. The second-order valence-corrected chi connectivity index (χ2v) is 8.28. The van der Waals surface area contributed by atoms with Crippen molar-refractivity contribution in [1.29, 1.82) is 0 Å². The number of benzene rings is 4. The van der Waals surface area contributed by atoms with E-state index in [9.17, 15) is 17.3 Å². The Hall–Kier alpha value is -4.73. The van der Waals surface area contributed by atoms with E-state index in [0.29, 0.717) is 11.5 Å². The average Bonchev–Trinajstić information content (AvgIpc) is 2.93. The van der Waals surface area contributed by atoms with E-state index in [2.05, 4.69) is 34.6 Å². The Morgan fingerprint density at radius 2 is 1.31 bits per heavy atom. The molecule has 5 aromatic rings. The number of hydrogen-bond donors (Lipinski definition) is 2. The van der Waals surface area contributed by atoms with Gasteiger partial charge >= 0.3 is 7.25 Å². The van der Waals surface area contributed by atoms with Crippen LogP contribution >= 0.6 is 0 Å². The summed E-state index contributed by atoms with van der Waals surface area (Å²) in [5.41, 5.74) is 4.75. The van der Waals surface area contributed by atoms with Gasteiger partial charge in [0.25, 0.3) is 0 Å². The zero-order valence-electron chi connectivity index (χ0n) is 21.1. The molecular weight excluding hydrogens is 511 g/mol. The van der Waals surface area contributed by atoms with Gasteiger partial charge in [-0.1, -0.05) is 30.3 Å². The fourth-order valence-electron chi connectivity index (χ4n) is 3.85. The molecule has 0 atom stereocenters. The van der Waals surface area contributed by atoms with Gasteiger partial charge in [0.1, 0.15) is 11.3 Å². The molecule has 10 heteroatoms. The van der Waals surface area contributed by atoms with Gasteiger partial charge in [0.05, 0.1) is 25.7 Å². The molecule has 0 bridgehead atoms. The number of fused-ring (bicyclic) bond motifs is 1. The van der Waals surface area contributed by atoms with E-state index < -0.39 is 7.25 Å². The Bertz CT molecular complexity index is 1600. The molecular formula is C29H25BF4N2O3. The Kier molecular flexibility index (Phi) is 8.55. The van der Waals surface area contributed by atoms with Crippen LogP contribution in [0.2, 0.25) is 0 Å². The van der Waals surface area contributed by atoms with Crippen molar-refractivity contribution in [2.24, 2.45) is 0 Å². The van der Waals surface area contributed by atoms with E-state index in [0.717, 1.165) is 44.7 Å². The lowest BCUT2D eigenvalue weighted by Gasteiger charge is -2.09. The highest BCUT2D eigenvalue weighted by atomic mass is 19.5. The molecule has 0 aliphatic rings. The summed E-state index contributed by atoms with van der Waals surface area (Å²) in [5, 5.41) is 5.36. The molecule has 0 saturated heterocycles. The Morgan fingerprint density at radius 1 is 0.692 bits per heavy atom. The number of methoxy groups -OCH3 is 2. The molecule has 5 rings (SSSR count). The molecule has 0 aliphatic heterocycles. The molecule has 0 saturated carbocycles. The summed E-state index contributed by atoms with van der Waals surface area (Å²) in [6, 6.07) is 34.1. The number of rotatable bonds is 6. The van der Waals surface area contributed by atoms with Crippen molar-refractivity contribution in [1.82, 2.24) is 0 Å². The van der Waals surface area contributed by atoms with E-state index in [1.807, 2.05) is 78.9 Å². The highest BCUT2D eigenvalue weighted by Gasteiger charge is 2.20. The predicted octanol–water partition coefficient (Wildman–Crippen LogP) is 6.47. The van der Waals surface area contributed by atoms with Crippen LogP contribution in [0, 0.1) is 0 Å². The first-order chi connectivity index (χ1) is 18.7. The lowest BCUT2D eigenvalue weighted by molar-refractivity contribution is -0.400. The van der Waals surface area contributed by atoms with Crippen molar-refractivity contribution >= 4 is 35.3 Å². The van der Waals surface area contributed by atoms with Gasteiger partial charge < -0.3 is 36.5 Å². The fourth-order valence-corrected chi connectivity index (χ4v) is 3.85. The smallest absolute Gasteiger partial charge is 0.493 e. The van der Waals surface area contributed by atoms with Crippen LogP contribution in [0.15, 0.2) is 108 Å². The van der Waals surface area contributed by atoms with Crippen LogP contribution in [0.25, 0.3) is 22.3 Å². The Labute approximate surface area is 222 Å². The van der Waals surface area contributed by atoms with Crippen molar-refractivity contribution in [2.45, 2.75) is 0 Å². The van der Waals surface area contributed by atoms with E-state index in [1.165, 1.54) is 0 Å². The van der Waals surface area contributed by atoms with Crippen molar-refractivity contribution in [3.8, 4) is 22.8 Å². The van der Waals surface area contributed by atoms with Crippen LogP contribution in [0.5, 0.6) is 11.5 Å². The van der Waals surface area contributed by atoms with Crippen molar-refractivity contribution in [3.05, 3.63) is 108 Å². The third-order valence-electron chi connectivity index (χ3n) is 5.57. The maximum atomic E-state index is 9.75. The van der Waals surface area contributed by atoms with Gasteiger partial charge in [-0.05, 0) is 54.6 Å². The van der Waals surface area contributed by atoms with E-state index in [4.69, 9.17) is 13.9 Å². The van der Waals surface area contributed by atoms with Gasteiger partial charge in [-0.3, -0.25) is 0 Å². The topological polar surface area (TPSA) is 57.6 Å². The second kappa shape index (κ2) is 12.2. The van der Waals surface area contributed by atoms with E-state index in [1.54, 1.807) is 14.2 Å². The summed E-state index contributed by atoms with van der Waals surface area (Å²) < 4.78 is 56.1. The molecule has 0 fully saturated rings. The minimum Gasteiger partial charge on any atom is -0.493 e. The highest BCUT2D eigenvalue weighted by molar-refractivity contribution is 6.50. The second-order valence-electron chi connectivity index (χ2n) is 8.28. The van der Waals surface area contributed by atoms with Crippen LogP contribution in [-0.4, -0.2) is 21.5 Å². The third-order valence-corrected chi connectivity index (χ3v) is 5.57. The molecule has 39 heavy (non-hydrogen) atoms. The van der Waals surface area contributed by atoms with Crippen molar-refractivity contribution in [3.63, 3.8) is 0 Å². The van der Waals surface area contributed by atoms with Crippen LogP contribution in [-0.2, 0) is 0 Å². The van der Waals surface area contributed by atoms with Crippen LogP contribution in [0.1, 0.15) is 0 Å². The molecule has 5 nitrogen and oxygen atoms in total. The van der Waals surface area contributed by atoms with Gasteiger partial charge in [-0.15, -0.1) is 0 Å². The molecule has 200 valence electrons. The van der Waals surface area contributed by atoms with Gasteiger partial charge in [0, 0.05) is 29.1 Å². The van der Waals surface area contributed by atoms with E-state index in [-0.39, 0.29) is 0 Å². The molecule has 1 heterocycles. The summed E-state index contributed by atoms with van der Waals surface area (Å²) >= 11 is 0. The zero-order chi connectivity index (χ0) is 27.8. The highest BCUT2D eigenvalue weighted by Crippen LogP contribution is 2.32. The molecule has 0 amide bonds.